The first-order valence-corrected chi connectivity index (χ1v) is 15.4. The lowest BCUT2D eigenvalue weighted by Gasteiger charge is -2.20. The van der Waals surface area contributed by atoms with E-state index in [4.69, 9.17) is 14.9 Å². The van der Waals surface area contributed by atoms with Crippen LogP contribution in [0, 0.1) is 12.7 Å². The minimum Gasteiger partial charge on any atom is -0.493 e. The van der Waals surface area contributed by atoms with Crippen LogP contribution in [0.1, 0.15) is 62.6 Å². The van der Waals surface area contributed by atoms with Crippen molar-refractivity contribution in [3.8, 4) is 16.9 Å². The van der Waals surface area contributed by atoms with Crippen molar-refractivity contribution in [2.75, 3.05) is 27.2 Å². The topological polar surface area (TPSA) is 111 Å². The average Bonchev–Trinajstić information content (AvgIpc) is 3.72. The molecule has 5 aromatic rings. The van der Waals surface area contributed by atoms with Gasteiger partial charge in [-0.3, -0.25) is 14.6 Å². The second kappa shape index (κ2) is 12.8. The number of pyridine rings is 1. The van der Waals surface area contributed by atoms with Crippen LogP contribution in [-0.4, -0.2) is 48.9 Å². The number of furan rings is 1. The van der Waals surface area contributed by atoms with Gasteiger partial charge in [0.2, 0.25) is 0 Å². The Hall–Kier alpha value is -5.02. The van der Waals surface area contributed by atoms with Gasteiger partial charge in [-0.25, -0.2) is 4.39 Å². The number of hydrogen-bond acceptors (Lipinski definition) is 6. The van der Waals surface area contributed by atoms with Crippen LogP contribution in [0.3, 0.4) is 0 Å². The molecule has 46 heavy (non-hydrogen) atoms. The second-order valence-electron chi connectivity index (χ2n) is 12.2. The number of nitrogens with two attached hydrogens (primary N) is 1. The highest BCUT2D eigenvalue weighted by molar-refractivity contribution is 6.08. The molecule has 3 aromatic carbocycles. The molecule has 0 aliphatic heterocycles. The molecule has 8 nitrogen and oxygen atoms in total. The molecule has 1 fully saturated rings. The Morgan fingerprint density at radius 1 is 1.07 bits per heavy atom. The van der Waals surface area contributed by atoms with Crippen molar-refractivity contribution >= 4 is 22.8 Å². The first-order valence-electron chi connectivity index (χ1n) is 15.4. The van der Waals surface area contributed by atoms with E-state index >= 15 is 0 Å². The van der Waals surface area contributed by atoms with E-state index in [9.17, 15) is 14.0 Å². The van der Waals surface area contributed by atoms with Gasteiger partial charge in [0.1, 0.15) is 22.9 Å². The van der Waals surface area contributed by atoms with Crippen molar-refractivity contribution < 1.29 is 23.1 Å². The van der Waals surface area contributed by atoms with Gasteiger partial charge in [-0.1, -0.05) is 24.3 Å². The molecule has 0 radical (unpaired) electrons. The molecule has 6 rings (SSSR count). The predicted molar refractivity (Wildman–Crippen MR) is 175 cm³/mol. The lowest BCUT2D eigenvalue weighted by molar-refractivity contribution is 0.0924. The maximum absolute atomic E-state index is 14.0. The molecule has 3 N–H and O–H groups in total. The molecule has 0 unspecified atom stereocenters. The van der Waals surface area contributed by atoms with E-state index in [1.807, 2.05) is 63.5 Å². The smallest absolute Gasteiger partial charge is 0.255 e. The zero-order valence-corrected chi connectivity index (χ0v) is 26.2. The van der Waals surface area contributed by atoms with E-state index in [1.165, 1.54) is 12.1 Å². The normalized spacial score (nSPS) is 13.6. The number of carbonyl (C=O) groups excluding carboxylic acids is 2. The van der Waals surface area contributed by atoms with Crippen molar-refractivity contribution in [3.63, 3.8) is 0 Å². The van der Waals surface area contributed by atoms with Crippen LogP contribution in [-0.2, 0) is 12.0 Å². The highest BCUT2D eigenvalue weighted by atomic mass is 19.1. The van der Waals surface area contributed by atoms with Crippen molar-refractivity contribution in [2.24, 2.45) is 5.73 Å². The largest absolute Gasteiger partial charge is 0.493 e. The number of fused-ring (bicyclic) bond motifs is 1. The third kappa shape index (κ3) is 6.50. The van der Waals surface area contributed by atoms with Gasteiger partial charge < -0.3 is 25.1 Å². The first kappa shape index (κ1) is 31.0. The van der Waals surface area contributed by atoms with Gasteiger partial charge in [-0.05, 0) is 111 Å². The molecule has 2 aromatic heterocycles. The Bertz CT molecular complexity index is 1900. The molecule has 0 atom stereocenters. The summed E-state index contributed by atoms with van der Waals surface area (Å²) < 4.78 is 25.8. The second-order valence-corrected chi connectivity index (χ2v) is 12.2. The highest BCUT2D eigenvalue weighted by Gasteiger charge is 2.47. The highest BCUT2D eigenvalue weighted by Crippen LogP contribution is 2.45. The van der Waals surface area contributed by atoms with Crippen molar-refractivity contribution in [3.05, 3.63) is 119 Å². The fourth-order valence-electron chi connectivity index (χ4n) is 5.85. The van der Waals surface area contributed by atoms with Crippen LogP contribution in [0.4, 0.5) is 4.39 Å². The van der Waals surface area contributed by atoms with Gasteiger partial charge in [0, 0.05) is 24.5 Å². The average molecular weight is 621 g/mol. The lowest BCUT2D eigenvalue weighted by atomic mass is 9.95. The first-order chi connectivity index (χ1) is 22.1. The number of benzene rings is 3. The van der Waals surface area contributed by atoms with Gasteiger partial charge in [0.15, 0.2) is 0 Å². The monoisotopic (exact) mass is 620 g/mol. The van der Waals surface area contributed by atoms with Crippen molar-refractivity contribution in [1.82, 2.24) is 15.2 Å². The number of halogens is 1. The quantitative estimate of drug-likeness (QED) is 0.157. The zero-order chi connectivity index (χ0) is 32.4. The number of nitrogens with zero attached hydrogens (tertiary/aromatic N) is 2. The zero-order valence-electron chi connectivity index (χ0n) is 26.2. The van der Waals surface area contributed by atoms with Gasteiger partial charge in [-0.15, -0.1) is 0 Å². The molecule has 2 heterocycles. The Morgan fingerprint density at radius 2 is 1.85 bits per heavy atom. The lowest BCUT2D eigenvalue weighted by Crippen LogP contribution is -2.35. The SMILES string of the molecule is Cc1cc(OCCCN(C)C)c(C(=O)NC2(c3ccccn3)CC2)cc1-c1ccc2oc(Cc3ccc(F)cc3)c(C(N)=O)c2c1. The van der Waals surface area contributed by atoms with Crippen LogP contribution in [0.2, 0.25) is 0 Å². The predicted octanol–water partition coefficient (Wildman–Crippen LogP) is 6.38. The summed E-state index contributed by atoms with van der Waals surface area (Å²) in [6.07, 6.45) is 4.44. The molecule has 1 aliphatic carbocycles. The summed E-state index contributed by atoms with van der Waals surface area (Å²) in [5.41, 5.74) is 10.7. The Labute approximate surface area is 267 Å². The molecule has 0 spiro atoms. The van der Waals surface area contributed by atoms with Crippen LogP contribution < -0.4 is 15.8 Å². The van der Waals surface area contributed by atoms with Gasteiger partial charge >= 0.3 is 0 Å². The summed E-state index contributed by atoms with van der Waals surface area (Å²) in [4.78, 5) is 33.2. The van der Waals surface area contributed by atoms with Crippen LogP contribution in [0.15, 0.2) is 83.4 Å². The Balaban J connectivity index is 1.37. The van der Waals surface area contributed by atoms with Crippen LogP contribution in [0.5, 0.6) is 5.75 Å². The summed E-state index contributed by atoms with van der Waals surface area (Å²) in [6.45, 7) is 3.29. The Kier molecular flexibility index (Phi) is 8.60. The number of amides is 2. The summed E-state index contributed by atoms with van der Waals surface area (Å²) in [6, 6.07) is 21.1. The third-order valence-electron chi connectivity index (χ3n) is 8.43. The fraction of sp³-hybridized carbons (Fsp3) is 0.270. The molecule has 1 saturated carbocycles. The van der Waals surface area contributed by atoms with Crippen molar-refractivity contribution in [2.45, 2.75) is 38.1 Å². The van der Waals surface area contributed by atoms with Crippen LogP contribution >= 0.6 is 0 Å². The third-order valence-corrected chi connectivity index (χ3v) is 8.43. The molecule has 0 bridgehead atoms. The van der Waals surface area contributed by atoms with Gasteiger partial charge in [-0.2, -0.15) is 0 Å². The van der Waals surface area contributed by atoms with E-state index in [-0.39, 0.29) is 23.7 Å². The van der Waals surface area contributed by atoms with E-state index in [0.717, 1.165) is 53.8 Å². The van der Waals surface area contributed by atoms with Gasteiger partial charge in [0.05, 0.1) is 29.0 Å². The summed E-state index contributed by atoms with van der Waals surface area (Å²) in [5, 5.41) is 3.81. The van der Waals surface area contributed by atoms with E-state index < -0.39 is 11.4 Å². The molecule has 2 amide bonds. The maximum Gasteiger partial charge on any atom is 0.255 e. The summed E-state index contributed by atoms with van der Waals surface area (Å²) in [5.74, 6) is -0.274. The summed E-state index contributed by atoms with van der Waals surface area (Å²) >= 11 is 0. The number of aromatic nitrogens is 1. The maximum atomic E-state index is 14.0. The summed E-state index contributed by atoms with van der Waals surface area (Å²) in [7, 11) is 4.02. The Morgan fingerprint density at radius 3 is 2.52 bits per heavy atom. The fourth-order valence-corrected chi connectivity index (χ4v) is 5.85. The minimum atomic E-state index is -0.615. The molecule has 236 valence electrons. The number of ether oxygens (including phenoxy) is 1. The van der Waals surface area contributed by atoms with E-state index in [2.05, 4.69) is 15.2 Å². The number of hydrogen-bond donors (Lipinski definition) is 2. The number of nitrogens with one attached hydrogen (secondary N) is 1. The van der Waals surface area contributed by atoms with Crippen molar-refractivity contribution in [1.29, 1.82) is 0 Å². The van der Waals surface area contributed by atoms with E-state index in [1.54, 1.807) is 24.4 Å². The van der Waals surface area contributed by atoms with Crippen LogP contribution in [0.25, 0.3) is 22.1 Å². The molecule has 9 heteroatoms. The minimum absolute atomic E-state index is 0.240. The molecular formula is C37H37FN4O4. The van der Waals surface area contributed by atoms with E-state index in [0.29, 0.717) is 34.6 Å². The number of carbonyl (C=O) groups is 2. The standard InChI is InChI=1S/C37H37FN4O4/c1-23-19-31(45-18-6-17-42(2)3)29(36(44)41-37(14-15-37)33-7-4-5-16-40-33)22-27(23)25-10-13-30-28(21-25)34(35(39)43)32(46-30)20-24-8-11-26(38)12-9-24/h4-5,7-13,16,19,21-22H,6,14-15,17-18,20H2,1-3H3,(H2,39,43)(H,41,44). The molecular weight excluding hydrogens is 583 g/mol. The molecule has 1 aliphatic rings. The van der Waals surface area contributed by atoms with Gasteiger partial charge in [0.25, 0.3) is 11.8 Å². The number of primary amides is 1. The molecule has 0 saturated heterocycles. The number of aryl methyl sites for hydroxylation is 1. The number of rotatable bonds is 12.